The number of carboxylic acids is 1. The van der Waals surface area contributed by atoms with Gasteiger partial charge < -0.3 is 19.2 Å². The van der Waals surface area contributed by atoms with Crippen LogP contribution in [0, 0.1) is 11.7 Å². The molecule has 0 aliphatic carbocycles. The largest absolute Gasteiger partial charge is 0.481 e. The average Bonchev–Trinajstić information content (AvgIpc) is 3.13. The Hall–Kier alpha value is -2.67. The van der Waals surface area contributed by atoms with Gasteiger partial charge in [-0.2, -0.15) is 0 Å². The standard InChI is InChI=1S/C20H24FNO5/c1-3-26-12-6-11-22(13-14(2)20(24)25)19(23)18-10-9-17(27-18)15-7-4-5-8-16(15)21/h4-5,7-10,14H,3,6,11-13H2,1-2H3,(H,24,25). The molecule has 1 aromatic carbocycles. The Balaban J connectivity index is 2.16. The molecule has 1 amide bonds. The van der Waals surface area contributed by atoms with E-state index in [9.17, 15) is 14.0 Å². The number of aliphatic carboxylic acids is 1. The molecule has 0 saturated carbocycles. The van der Waals surface area contributed by atoms with Crippen molar-refractivity contribution in [3.63, 3.8) is 0 Å². The van der Waals surface area contributed by atoms with Crippen LogP contribution < -0.4 is 0 Å². The lowest BCUT2D eigenvalue weighted by Gasteiger charge is -2.23. The van der Waals surface area contributed by atoms with E-state index in [4.69, 9.17) is 14.3 Å². The summed E-state index contributed by atoms with van der Waals surface area (Å²) in [6.45, 7) is 4.85. The summed E-state index contributed by atoms with van der Waals surface area (Å²) in [5.74, 6) is -2.29. The lowest BCUT2D eigenvalue weighted by atomic mass is 10.1. The average molecular weight is 377 g/mol. The molecule has 0 radical (unpaired) electrons. The van der Waals surface area contributed by atoms with Crippen LogP contribution in [-0.4, -0.2) is 48.2 Å². The van der Waals surface area contributed by atoms with E-state index < -0.39 is 23.6 Å². The molecule has 146 valence electrons. The first-order chi connectivity index (χ1) is 12.9. The quantitative estimate of drug-likeness (QED) is 0.639. The molecule has 7 heteroatoms. The molecule has 1 N–H and O–H groups in total. The third kappa shape index (κ3) is 5.65. The van der Waals surface area contributed by atoms with Gasteiger partial charge in [0.25, 0.3) is 5.91 Å². The minimum absolute atomic E-state index is 0.0438. The van der Waals surface area contributed by atoms with Gasteiger partial charge in [0.1, 0.15) is 11.6 Å². The molecule has 0 bridgehead atoms. The van der Waals surface area contributed by atoms with E-state index in [-0.39, 0.29) is 23.6 Å². The summed E-state index contributed by atoms with van der Waals surface area (Å²) in [4.78, 5) is 25.4. The van der Waals surface area contributed by atoms with E-state index in [0.29, 0.717) is 26.2 Å². The second kappa shape index (κ2) is 9.87. The maximum Gasteiger partial charge on any atom is 0.308 e. The van der Waals surface area contributed by atoms with Crippen LogP contribution in [0.2, 0.25) is 0 Å². The molecular formula is C20H24FNO5. The third-order valence-corrected chi connectivity index (χ3v) is 4.08. The molecule has 0 aliphatic heterocycles. The summed E-state index contributed by atoms with van der Waals surface area (Å²) in [7, 11) is 0. The Kier molecular flexibility index (Phi) is 7.55. The topological polar surface area (TPSA) is 80.0 Å². The first-order valence-corrected chi connectivity index (χ1v) is 8.88. The van der Waals surface area contributed by atoms with E-state index in [1.807, 2.05) is 6.92 Å². The number of benzene rings is 1. The van der Waals surface area contributed by atoms with E-state index in [1.54, 1.807) is 18.2 Å². The van der Waals surface area contributed by atoms with Crippen molar-refractivity contribution in [2.45, 2.75) is 20.3 Å². The molecule has 2 aromatic rings. The van der Waals surface area contributed by atoms with Gasteiger partial charge >= 0.3 is 5.97 Å². The van der Waals surface area contributed by atoms with Gasteiger partial charge in [-0.05, 0) is 37.6 Å². The summed E-state index contributed by atoms with van der Waals surface area (Å²) >= 11 is 0. The van der Waals surface area contributed by atoms with Crippen molar-refractivity contribution < 1.29 is 28.2 Å². The van der Waals surface area contributed by atoms with Crippen molar-refractivity contribution in [3.05, 3.63) is 48.0 Å². The number of carboxylic acid groups (broad SMARTS) is 1. The van der Waals surface area contributed by atoms with Crippen LogP contribution in [0.25, 0.3) is 11.3 Å². The van der Waals surface area contributed by atoms with Gasteiger partial charge in [0, 0.05) is 26.3 Å². The summed E-state index contributed by atoms with van der Waals surface area (Å²) < 4.78 is 24.7. The van der Waals surface area contributed by atoms with E-state index in [0.717, 1.165) is 0 Å². The normalized spacial score (nSPS) is 12.0. The molecule has 1 atom stereocenters. The highest BCUT2D eigenvalue weighted by atomic mass is 19.1. The van der Waals surface area contributed by atoms with Crippen LogP contribution in [-0.2, 0) is 9.53 Å². The van der Waals surface area contributed by atoms with E-state index in [1.165, 1.54) is 30.0 Å². The van der Waals surface area contributed by atoms with Crippen LogP contribution in [0.5, 0.6) is 0 Å². The molecule has 1 unspecified atom stereocenters. The summed E-state index contributed by atoms with van der Waals surface area (Å²) in [6, 6.07) is 9.14. The Labute approximate surface area is 157 Å². The molecule has 0 spiro atoms. The highest BCUT2D eigenvalue weighted by Crippen LogP contribution is 2.25. The second-order valence-electron chi connectivity index (χ2n) is 6.18. The Morgan fingerprint density at radius 2 is 2.00 bits per heavy atom. The van der Waals surface area contributed by atoms with Crippen LogP contribution >= 0.6 is 0 Å². The van der Waals surface area contributed by atoms with Crippen LogP contribution in [0.15, 0.2) is 40.8 Å². The van der Waals surface area contributed by atoms with Crippen LogP contribution in [0.4, 0.5) is 4.39 Å². The van der Waals surface area contributed by atoms with Crippen molar-refractivity contribution in [1.29, 1.82) is 0 Å². The number of furan rings is 1. The highest BCUT2D eigenvalue weighted by molar-refractivity contribution is 5.92. The highest BCUT2D eigenvalue weighted by Gasteiger charge is 2.24. The smallest absolute Gasteiger partial charge is 0.308 e. The molecule has 27 heavy (non-hydrogen) atoms. The zero-order valence-electron chi connectivity index (χ0n) is 15.5. The van der Waals surface area contributed by atoms with Crippen LogP contribution in [0.3, 0.4) is 0 Å². The molecule has 1 aromatic heterocycles. The fourth-order valence-electron chi connectivity index (χ4n) is 2.60. The maximum absolute atomic E-state index is 13.9. The minimum Gasteiger partial charge on any atom is -0.481 e. The first-order valence-electron chi connectivity index (χ1n) is 8.88. The van der Waals surface area contributed by atoms with Gasteiger partial charge in [-0.25, -0.2) is 4.39 Å². The zero-order valence-corrected chi connectivity index (χ0v) is 15.5. The Bertz CT molecular complexity index is 773. The summed E-state index contributed by atoms with van der Waals surface area (Å²) in [5, 5.41) is 9.15. The van der Waals surface area contributed by atoms with E-state index >= 15 is 0 Å². The van der Waals surface area contributed by atoms with Crippen molar-refractivity contribution >= 4 is 11.9 Å². The molecule has 2 rings (SSSR count). The van der Waals surface area contributed by atoms with Crippen molar-refractivity contribution in [1.82, 2.24) is 4.90 Å². The lowest BCUT2D eigenvalue weighted by Crippen LogP contribution is -2.37. The number of hydrogen-bond acceptors (Lipinski definition) is 4. The number of amides is 1. The molecule has 6 nitrogen and oxygen atoms in total. The minimum atomic E-state index is -0.982. The predicted octanol–water partition coefficient (Wildman–Crippen LogP) is 3.68. The van der Waals surface area contributed by atoms with Gasteiger partial charge in [0.2, 0.25) is 0 Å². The van der Waals surface area contributed by atoms with Gasteiger partial charge in [0.15, 0.2) is 5.76 Å². The van der Waals surface area contributed by atoms with Crippen molar-refractivity contribution in [3.8, 4) is 11.3 Å². The van der Waals surface area contributed by atoms with E-state index in [2.05, 4.69) is 0 Å². The summed E-state index contributed by atoms with van der Waals surface area (Å²) in [6.07, 6.45) is 0.576. The van der Waals surface area contributed by atoms with Crippen molar-refractivity contribution in [2.75, 3.05) is 26.3 Å². The van der Waals surface area contributed by atoms with Gasteiger partial charge in [-0.1, -0.05) is 19.1 Å². The number of hydrogen-bond donors (Lipinski definition) is 1. The Morgan fingerprint density at radius 1 is 1.26 bits per heavy atom. The van der Waals surface area contributed by atoms with Gasteiger partial charge in [-0.3, -0.25) is 9.59 Å². The number of halogens is 1. The monoisotopic (exact) mass is 377 g/mol. The maximum atomic E-state index is 13.9. The molecule has 0 saturated heterocycles. The number of carbonyl (C=O) groups is 2. The van der Waals surface area contributed by atoms with Crippen LogP contribution in [0.1, 0.15) is 30.8 Å². The molecule has 1 heterocycles. The van der Waals surface area contributed by atoms with Gasteiger partial charge in [-0.15, -0.1) is 0 Å². The summed E-state index contributed by atoms with van der Waals surface area (Å²) in [5.41, 5.74) is 0.262. The zero-order chi connectivity index (χ0) is 19.8. The predicted molar refractivity (Wildman–Crippen MR) is 97.9 cm³/mol. The third-order valence-electron chi connectivity index (χ3n) is 4.08. The number of nitrogens with zero attached hydrogens (tertiary/aromatic N) is 1. The Morgan fingerprint density at radius 3 is 2.67 bits per heavy atom. The fourth-order valence-corrected chi connectivity index (χ4v) is 2.60. The number of ether oxygens (including phenoxy) is 1. The molecule has 0 aliphatic rings. The van der Waals surface area contributed by atoms with Crippen molar-refractivity contribution in [2.24, 2.45) is 5.92 Å². The number of rotatable bonds is 10. The second-order valence-corrected chi connectivity index (χ2v) is 6.18. The SMILES string of the molecule is CCOCCCN(CC(C)C(=O)O)C(=O)c1ccc(-c2ccccc2F)o1. The molecule has 0 fully saturated rings. The number of carbonyl (C=O) groups excluding carboxylic acids is 1. The lowest BCUT2D eigenvalue weighted by molar-refractivity contribution is -0.141. The first kappa shape index (κ1) is 20.6. The van der Waals surface area contributed by atoms with Gasteiger partial charge in [0.05, 0.1) is 11.5 Å². The fraction of sp³-hybridized carbons (Fsp3) is 0.400. The molecular weight excluding hydrogens is 353 g/mol.